The second kappa shape index (κ2) is 14.3. The predicted octanol–water partition coefficient (Wildman–Crippen LogP) is 14.1. The molecule has 8 aromatic carbocycles. The lowest BCUT2D eigenvalue weighted by molar-refractivity contribution is 0.176. The van der Waals surface area contributed by atoms with Crippen LogP contribution in [-0.2, 0) is 0 Å². The molecule has 10 aromatic rings. The van der Waals surface area contributed by atoms with E-state index in [2.05, 4.69) is 217 Å². The Hall–Kier alpha value is -6.85. The number of hydrogen-bond acceptors (Lipinski definition) is 4. The number of aromatic nitrogens is 1. The molecule has 0 saturated carbocycles. The number of fused-ring (bicyclic) bond motifs is 6. The maximum atomic E-state index is 5.36. The van der Waals surface area contributed by atoms with E-state index in [4.69, 9.17) is 4.98 Å². The van der Waals surface area contributed by atoms with Crippen molar-refractivity contribution in [3.05, 3.63) is 217 Å². The van der Waals surface area contributed by atoms with Crippen LogP contribution in [0.4, 0.5) is 0 Å². The predicted molar refractivity (Wildman–Crippen MR) is 246 cm³/mol. The molecular weight excluding hydrogens is 723 g/mol. The van der Waals surface area contributed by atoms with Crippen LogP contribution >= 0.6 is 11.3 Å². The molecule has 0 saturated heterocycles. The average Bonchev–Trinajstić information content (AvgIpc) is 3.68. The molecule has 2 unspecified atom stereocenters. The van der Waals surface area contributed by atoms with Crippen LogP contribution in [-0.4, -0.2) is 16.9 Å². The van der Waals surface area contributed by atoms with E-state index in [1.54, 1.807) is 0 Å². The van der Waals surface area contributed by atoms with E-state index in [9.17, 15) is 0 Å². The van der Waals surface area contributed by atoms with Gasteiger partial charge in [-0.3, -0.25) is 4.90 Å². The van der Waals surface area contributed by atoms with E-state index in [0.717, 1.165) is 38.8 Å². The number of likely N-dealkylation sites (N-methyl/N-ethyl adjacent to an activating group) is 1. The van der Waals surface area contributed by atoms with Gasteiger partial charge in [-0.05, 0) is 70.3 Å². The smallest absolute Gasteiger partial charge is 0.106 e. The summed E-state index contributed by atoms with van der Waals surface area (Å²) in [6, 6.07) is 70.2. The van der Waals surface area contributed by atoms with Gasteiger partial charge in [0.2, 0.25) is 0 Å². The molecule has 3 heterocycles. The topological polar surface area (TPSA) is 28.2 Å². The number of thiophene rings is 1. The maximum Gasteiger partial charge on any atom is 0.106 e. The van der Waals surface area contributed by atoms with Crippen LogP contribution in [0.2, 0.25) is 0 Å². The molecular formula is C54H39N3S. The lowest BCUT2D eigenvalue weighted by Crippen LogP contribution is -2.41. The largest absolute Gasteiger partial charge is 0.366 e. The molecule has 0 aliphatic carbocycles. The molecule has 0 fully saturated rings. The van der Waals surface area contributed by atoms with Crippen LogP contribution in [0.3, 0.4) is 0 Å². The number of hydrogen-bond donors (Lipinski definition) is 1. The molecule has 58 heavy (non-hydrogen) atoms. The van der Waals surface area contributed by atoms with Gasteiger partial charge < -0.3 is 5.32 Å². The molecule has 0 amide bonds. The number of pyridine rings is 1. The first kappa shape index (κ1) is 34.4. The van der Waals surface area contributed by atoms with Crippen molar-refractivity contribution in [2.75, 3.05) is 7.05 Å². The fraction of sp³-hybridized carbons (Fsp3) is 0.0556. The highest BCUT2D eigenvalue weighted by Gasteiger charge is 2.30. The van der Waals surface area contributed by atoms with Crippen molar-refractivity contribution < 1.29 is 0 Å². The van der Waals surface area contributed by atoms with Crippen molar-refractivity contribution in [3.8, 4) is 33.5 Å². The Labute approximate surface area is 342 Å². The number of benzene rings is 8. The van der Waals surface area contributed by atoms with Gasteiger partial charge in [0.05, 0.1) is 17.3 Å². The zero-order chi connectivity index (χ0) is 38.6. The van der Waals surface area contributed by atoms with Gasteiger partial charge >= 0.3 is 0 Å². The van der Waals surface area contributed by atoms with E-state index in [0.29, 0.717) is 0 Å². The van der Waals surface area contributed by atoms with E-state index in [-0.39, 0.29) is 12.2 Å². The normalized spacial score (nSPS) is 15.8. The summed E-state index contributed by atoms with van der Waals surface area (Å²) in [7, 11) is 2.23. The number of rotatable bonds is 6. The Morgan fingerprint density at radius 3 is 1.90 bits per heavy atom. The fourth-order valence-corrected chi connectivity index (χ4v) is 10.2. The van der Waals surface area contributed by atoms with E-state index in [1.165, 1.54) is 58.9 Å². The van der Waals surface area contributed by atoms with Gasteiger partial charge in [0.15, 0.2) is 0 Å². The van der Waals surface area contributed by atoms with Crippen molar-refractivity contribution in [2.45, 2.75) is 12.2 Å². The van der Waals surface area contributed by atoms with Crippen molar-refractivity contribution in [1.82, 2.24) is 15.2 Å². The zero-order valence-electron chi connectivity index (χ0n) is 32.0. The summed E-state index contributed by atoms with van der Waals surface area (Å²) >= 11 is 1.88. The van der Waals surface area contributed by atoms with Crippen LogP contribution in [0.25, 0.3) is 81.1 Å². The van der Waals surface area contributed by atoms with Gasteiger partial charge in [-0.1, -0.05) is 176 Å². The first-order valence-corrected chi connectivity index (χ1v) is 20.7. The summed E-state index contributed by atoms with van der Waals surface area (Å²) in [5, 5.41) is 10.1. The minimum absolute atomic E-state index is 0.00873. The lowest BCUT2D eigenvalue weighted by Gasteiger charge is -2.40. The molecule has 0 bridgehead atoms. The highest BCUT2D eigenvalue weighted by atomic mass is 32.1. The Balaban J connectivity index is 1.06. The first-order chi connectivity index (χ1) is 28.7. The van der Waals surface area contributed by atoms with Crippen molar-refractivity contribution >= 4 is 58.9 Å². The molecule has 3 nitrogen and oxygen atoms in total. The molecule has 1 aliphatic heterocycles. The standard InChI is InChI=1S/C54H39N3S/c1-57-49(40-31-32-47-46(33-40)51-41(35-15-5-2-6-16-35)22-13-25-45(51)52(55-47)38-17-7-3-8-18-38)34-48(56-54(57)39-19-9-4-10-20-39)37-29-27-36(28-30-37)42-23-14-24-44-43-21-11-12-26-50(43)58-53(42)44/h2-34,49,54,56H,1H3. The van der Waals surface area contributed by atoms with Crippen molar-refractivity contribution in [3.63, 3.8) is 0 Å². The van der Waals surface area contributed by atoms with E-state index >= 15 is 0 Å². The fourth-order valence-electron chi connectivity index (χ4n) is 8.93. The van der Waals surface area contributed by atoms with Gasteiger partial charge in [0.1, 0.15) is 6.17 Å². The van der Waals surface area contributed by atoms with E-state index in [1.807, 2.05) is 11.3 Å². The zero-order valence-corrected chi connectivity index (χ0v) is 32.8. The van der Waals surface area contributed by atoms with Crippen molar-refractivity contribution in [2.24, 2.45) is 0 Å². The molecule has 2 atom stereocenters. The van der Waals surface area contributed by atoms with Gasteiger partial charge in [0.25, 0.3) is 0 Å². The number of nitrogens with zero attached hydrogens (tertiary/aromatic N) is 2. The third-order valence-electron chi connectivity index (χ3n) is 11.8. The quantitative estimate of drug-likeness (QED) is 0.171. The summed E-state index contributed by atoms with van der Waals surface area (Å²) in [5.41, 5.74) is 12.8. The molecule has 2 aromatic heterocycles. The molecule has 1 N–H and O–H groups in total. The monoisotopic (exact) mass is 761 g/mol. The highest BCUT2D eigenvalue weighted by molar-refractivity contribution is 7.26. The minimum atomic E-state index is -0.0379. The van der Waals surface area contributed by atoms with Crippen LogP contribution in [0.5, 0.6) is 0 Å². The van der Waals surface area contributed by atoms with Gasteiger partial charge in [-0.15, -0.1) is 11.3 Å². The third-order valence-corrected chi connectivity index (χ3v) is 13.0. The van der Waals surface area contributed by atoms with Crippen LogP contribution < -0.4 is 5.32 Å². The number of nitrogens with one attached hydrogen (secondary N) is 1. The van der Waals surface area contributed by atoms with Gasteiger partial charge in [-0.25, -0.2) is 4.98 Å². The third kappa shape index (κ3) is 5.89. The van der Waals surface area contributed by atoms with Gasteiger partial charge in [-0.2, -0.15) is 0 Å². The van der Waals surface area contributed by atoms with Crippen LogP contribution in [0, 0.1) is 0 Å². The maximum absolute atomic E-state index is 5.36. The van der Waals surface area contributed by atoms with Crippen LogP contribution in [0.1, 0.15) is 28.9 Å². The van der Waals surface area contributed by atoms with Gasteiger partial charge in [0, 0.05) is 47.6 Å². The molecule has 276 valence electrons. The summed E-state index contributed by atoms with van der Waals surface area (Å²) in [5.74, 6) is 0. The molecule has 4 heteroatoms. The second-order valence-electron chi connectivity index (χ2n) is 15.2. The molecule has 0 spiro atoms. The minimum Gasteiger partial charge on any atom is -0.366 e. The molecule has 11 rings (SSSR count). The van der Waals surface area contributed by atoms with E-state index < -0.39 is 0 Å². The first-order valence-electron chi connectivity index (χ1n) is 19.9. The lowest BCUT2D eigenvalue weighted by atomic mass is 9.90. The summed E-state index contributed by atoms with van der Waals surface area (Å²) in [4.78, 5) is 7.81. The molecule has 0 radical (unpaired) electrons. The second-order valence-corrected chi connectivity index (χ2v) is 16.3. The SMILES string of the molecule is CN1C(c2ccc3nc(-c4ccccc4)c4cccc(-c5ccccc5)c4c3c2)C=C(c2ccc(-c3cccc4c3sc3ccccc34)cc2)NC1c1ccccc1. The highest BCUT2D eigenvalue weighted by Crippen LogP contribution is 2.43. The Morgan fingerprint density at radius 2 is 1.12 bits per heavy atom. The van der Waals surface area contributed by atoms with Crippen LogP contribution in [0.15, 0.2) is 200 Å². The van der Waals surface area contributed by atoms with Crippen molar-refractivity contribution in [1.29, 1.82) is 0 Å². The average molecular weight is 762 g/mol. The Kier molecular flexibility index (Phi) is 8.46. The summed E-state index contributed by atoms with van der Waals surface area (Å²) in [6.45, 7) is 0. The summed E-state index contributed by atoms with van der Waals surface area (Å²) < 4.78 is 2.66. The Morgan fingerprint density at radius 1 is 0.500 bits per heavy atom. The summed E-state index contributed by atoms with van der Waals surface area (Å²) in [6.07, 6.45) is 2.36. The Bertz CT molecular complexity index is 3150. The molecule has 1 aliphatic rings.